The molecule has 1 aliphatic rings. The normalized spacial score (nSPS) is 14.1. The number of nitrogens with one attached hydrogen (secondary N) is 1. The molecule has 0 spiro atoms. The molecule has 1 saturated heterocycles. The third-order valence-electron chi connectivity index (χ3n) is 4.53. The lowest BCUT2D eigenvalue weighted by Gasteiger charge is -2.28. The quantitative estimate of drug-likeness (QED) is 0.696. The molecule has 0 radical (unpaired) electrons. The summed E-state index contributed by atoms with van der Waals surface area (Å²) in [5.41, 5.74) is 3.06. The molecule has 0 saturated carbocycles. The van der Waals surface area contributed by atoms with Gasteiger partial charge in [-0.3, -0.25) is 4.79 Å². The molecule has 2 aromatic heterocycles. The molecule has 7 heteroatoms. The number of hydrogen-bond donors (Lipinski definition) is 1. The average molecular weight is 395 g/mol. The van der Waals surface area contributed by atoms with Crippen LogP contribution in [0.25, 0.3) is 0 Å². The van der Waals surface area contributed by atoms with Crippen LogP contribution in [0.1, 0.15) is 16.3 Å². The first-order chi connectivity index (χ1) is 13.8. The van der Waals surface area contributed by atoms with Gasteiger partial charge >= 0.3 is 0 Å². The van der Waals surface area contributed by atoms with E-state index >= 15 is 0 Å². The summed E-state index contributed by atoms with van der Waals surface area (Å²) in [5.74, 6) is 0.449. The van der Waals surface area contributed by atoms with Crippen LogP contribution in [-0.2, 0) is 22.4 Å². The zero-order valence-corrected chi connectivity index (χ0v) is 16.3. The molecule has 0 bridgehead atoms. The number of pyridine rings is 1. The molecule has 3 aromatic rings. The Kier molecular flexibility index (Phi) is 5.94. The second kappa shape index (κ2) is 8.95. The van der Waals surface area contributed by atoms with Crippen molar-refractivity contribution in [1.82, 2.24) is 9.97 Å². The van der Waals surface area contributed by atoms with E-state index in [9.17, 15) is 4.79 Å². The number of aromatic nitrogens is 2. The summed E-state index contributed by atoms with van der Waals surface area (Å²) in [7, 11) is 0. The maximum absolute atomic E-state index is 12.3. The third-order valence-corrected chi connectivity index (χ3v) is 5.43. The number of rotatable bonds is 6. The van der Waals surface area contributed by atoms with Gasteiger partial charge < -0.3 is 15.0 Å². The zero-order valence-electron chi connectivity index (χ0n) is 15.5. The minimum absolute atomic E-state index is 0.108. The van der Waals surface area contributed by atoms with Crippen LogP contribution in [0.2, 0.25) is 0 Å². The van der Waals surface area contributed by atoms with Gasteiger partial charge in [0.25, 0.3) is 0 Å². The van der Waals surface area contributed by atoms with Crippen molar-refractivity contribution in [3.63, 3.8) is 0 Å². The Morgan fingerprint density at radius 2 is 1.96 bits per heavy atom. The van der Waals surface area contributed by atoms with Crippen molar-refractivity contribution in [1.29, 1.82) is 0 Å². The number of carbonyl (C=O) groups is 1. The second-order valence-electron chi connectivity index (χ2n) is 6.62. The SMILES string of the molecule is O=C(Cc1csc(Cc2ccccc2)n1)Nc1ccc(N2CCOCC2)cn1. The minimum Gasteiger partial charge on any atom is -0.378 e. The van der Waals surface area contributed by atoms with Gasteiger partial charge in [0.15, 0.2) is 0 Å². The number of benzene rings is 1. The average Bonchev–Trinajstić information content (AvgIpc) is 3.16. The van der Waals surface area contributed by atoms with E-state index in [4.69, 9.17) is 4.74 Å². The highest BCUT2D eigenvalue weighted by atomic mass is 32.1. The van der Waals surface area contributed by atoms with Crippen LogP contribution in [0.4, 0.5) is 11.5 Å². The van der Waals surface area contributed by atoms with E-state index in [2.05, 4.69) is 32.3 Å². The predicted octanol–water partition coefficient (Wildman–Crippen LogP) is 3.15. The lowest BCUT2D eigenvalue weighted by Crippen LogP contribution is -2.36. The summed E-state index contributed by atoms with van der Waals surface area (Å²) in [5, 5.41) is 5.82. The Bertz CT molecular complexity index is 906. The highest BCUT2D eigenvalue weighted by Crippen LogP contribution is 2.18. The molecular weight excluding hydrogens is 372 g/mol. The van der Waals surface area contributed by atoms with E-state index < -0.39 is 0 Å². The number of nitrogens with zero attached hydrogens (tertiary/aromatic N) is 3. The molecule has 1 aromatic carbocycles. The van der Waals surface area contributed by atoms with Crippen molar-refractivity contribution < 1.29 is 9.53 Å². The van der Waals surface area contributed by atoms with E-state index in [0.717, 1.165) is 49.1 Å². The Morgan fingerprint density at radius 3 is 2.71 bits per heavy atom. The number of carbonyl (C=O) groups excluding carboxylic acids is 1. The van der Waals surface area contributed by atoms with E-state index in [1.54, 1.807) is 17.5 Å². The van der Waals surface area contributed by atoms with Gasteiger partial charge in [0.05, 0.1) is 42.2 Å². The summed E-state index contributed by atoms with van der Waals surface area (Å²) in [6.07, 6.45) is 2.83. The Hall–Kier alpha value is -2.77. The number of amides is 1. The van der Waals surface area contributed by atoms with Crippen LogP contribution in [-0.4, -0.2) is 42.2 Å². The van der Waals surface area contributed by atoms with Gasteiger partial charge in [0.1, 0.15) is 5.82 Å². The van der Waals surface area contributed by atoms with Crippen molar-refractivity contribution in [2.24, 2.45) is 0 Å². The van der Waals surface area contributed by atoms with E-state index in [-0.39, 0.29) is 12.3 Å². The standard InChI is InChI=1S/C21H22N4O2S/c26-20(13-17-15-28-21(23-17)12-16-4-2-1-3-5-16)24-19-7-6-18(14-22-19)25-8-10-27-11-9-25/h1-7,14-15H,8-13H2,(H,22,24,26). The van der Waals surface area contributed by atoms with Crippen LogP contribution in [0.15, 0.2) is 54.0 Å². The predicted molar refractivity (Wildman–Crippen MR) is 111 cm³/mol. The Morgan fingerprint density at radius 1 is 1.14 bits per heavy atom. The highest BCUT2D eigenvalue weighted by molar-refractivity contribution is 7.09. The second-order valence-corrected chi connectivity index (χ2v) is 7.56. The van der Waals surface area contributed by atoms with Gasteiger partial charge in [-0.25, -0.2) is 9.97 Å². The number of thiazole rings is 1. The number of ether oxygens (including phenoxy) is 1. The first-order valence-electron chi connectivity index (χ1n) is 9.32. The topological polar surface area (TPSA) is 67.4 Å². The molecule has 3 heterocycles. The van der Waals surface area contributed by atoms with Gasteiger partial charge in [0, 0.05) is 24.9 Å². The highest BCUT2D eigenvalue weighted by Gasteiger charge is 2.13. The molecule has 6 nitrogen and oxygen atoms in total. The largest absolute Gasteiger partial charge is 0.378 e. The molecule has 1 aliphatic heterocycles. The molecule has 0 aliphatic carbocycles. The fourth-order valence-electron chi connectivity index (χ4n) is 3.10. The molecule has 1 amide bonds. The zero-order chi connectivity index (χ0) is 19.2. The van der Waals surface area contributed by atoms with Gasteiger partial charge in [0.2, 0.25) is 5.91 Å². The summed E-state index contributed by atoms with van der Waals surface area (Å²) in [4.78, 5) is 23.5. The van der Waals surface area contributed by atoms with Gasteiger partial charge in [-0.2, -0.15) is 0 Å². The smallest absolute Gasteiger partial charge is 0.231 e. The number of morpholine rings is 1. The maximum Gasteiger partial charge on any atom is 0.231 e. The van der Waals surface area contributed by atoms with E-state index in [0.29, 0.717) is 5.82 Å². The van der Waals surface area contributed by atoms with E-state index in [1.165, 1.54) is 5.56 Å². The lowest BCUT2D eigenvalue weighted by molar-refractivity contribution is -0.115. The molecule has 0 atom stereocenters. The number of anilines is 2. The summed E-state index contributed by atoms with van der Waals surface area (Å²) in [6.45, 7) is 3.20. The molecule has 0 unspecified atom stereocenters. The van der Waals surface area contributed by atoms with Crippen LogP contribution in [0.5, 0.6) is 0 Å². The molecule has 28 heavy (non-hydrogen) atoms. The Labute approximate surface area is 168 Å². The van der Waals surface area contributed by atoms with Crippen molar-refractivity contribution in [2.45, 2.75) is 12.8 Å². The molecule has 1 N–H and O–H groups in total. The van der Waals surface area contributed by atoms with Crippen molar-refractivity contribution >= 4 is 28.7 Å². The van der Waals surface area contributed by atoms with Crippen LogP contribution >= 0.6 is 11.3 Å². The van der Waals surface area contributed by atoms with Gasteiger partial charge in [-0.15, -0.1) is 11.3 Å². The Balaban J connectivity index is 1.30. The number of hydrogen-bond acceptors (Lipinski definition) is 6. The fourth-order valence-corrected chi connectivity index (χ4v) is 3.93. The van der Waals surface area contributed by atoms with Crippen molar-refractivity contribution in [3.05, 3.63) is 70.3 Å². The first kappa shape index (κ1) is 18.6. The summed E-state index contributed by atoms with van der Waals surface area (Å²) < 4.78 is 5.36. The molecular formula is C21H22N4O2S. The van der Waals surface area contributed by atoms with Crippen LogP contribution in [0.3, 0.4) is 0 Å². The van der Waals surface area contributed by atoms with Crippen LogP contribution in [0, 0.1) is 0 Å². The van der Waals surface area contributed by atoms with Gasteiger partial charge in [-0.05, 0) is 17.7 Å². The fraction of sp³-hybridized carbons (Fsp3) is 0.286. The van der Waals surface area contributed by atoms with E-state index in [1.807, 2.05) is 35.7 Å². The van der Waals surface area contributed by atoms with Crippen molar-refractivity contribution in [3.8, 4) is 0 Å². The van der Waals surface area contributed by atoms with Crippen LogP contribution < -0.4 is 10.2 Å². The molecule has 4 rings (SSSR count). The first-order valence-corrected chi connectivity index (χ1v) is 10.2. The molecule has 1 fully saturated rings. The van der Waals surface area contributed by atoms with Gasteiger partial charge in [-0.1, -0.05) is 30.3 Å². The van der Waals surface area contributed by atoms with Crippen molar-refractivity contribution in [2.75, 3.05) is 36.5 Å². The summed E-state index contributed by atoms with van der Waals surface area (Å²) >= 11 is 1.59. The minimum atomic E-state index is -0.108. The monoisotopic (exact) mass is 394 g/mol. The maximum atomic E-state index is 12.3. The third kappa shape index (κ3) is 4.94. The molecule has 144 valence electrons. The lowest BCUT2D eigenvalue weighted by atomic mass is 10.2. The summed E-state index contributed by atoms with van der Waals surface area (Å²) in [6, 6.07) is 14.0.